The van der Waals surface area contributed by atoms with Crippen LogP contribution in [-0.4, -0.2) is 19.8 Å². The molecule has 0 spiro atoms. The molecule has 0 bridgehead atoms. The van der Waals surface area contributed by atoms with E-state index in [0.29, 0.717) is 12.2 Å². The average Bonchev–Trinajstić information content (AvgIpc) is 2.21. The third kappa shape index (κ3) is 3.54. The molecule has 1 atom stereocenters. The van der Waals surface area contributed by atoms with Crippen LogP contribution in [0, 0.1) is 11.3 Å². The summed E-state index contributed by atoms with van der Waals surface area (Å²) >= 11 is 3.41. The van der Waals surface area contributed by atoms with E-state index in [2.05, 4.69) is 27.3 Å². The molecule has 0 amide bonds. The van der Waals surface area contributed by atoms with Crippen molar-refractivity contribution in [1.82, 2.24) is 0 Å². The molecule has 80 valence electrons. The van der Waals surface area contributed by atoms with E-state index < -0.39 is 0 Å². The standard InChI is InChI=1S/C11H13BrN2O/c1-8(7-15-2)14-11-4-3-9(6-13)5-10(11)12/h3-5,8,14H,7H2,1-2H3/t8-/m1/s1. The van der Waals surface area contributed by atoms with Crippen LogP contribution in [0.15, 0.2) is 22.7 Å². The minimum absolute atomic E-state index is 0.235. The lowest BCUT2D eigenvalue weighted by atomic mass is 10.2. The van der Waals surface area contributed by atoms with Gasteiger partial charge in [-0.1, -0.05) is 0 Å². The second-order valence-electron chi connectivity index (χ2n) is 3.31. The first-order valence-corrected chi connectivity index (χ1v) is 5.41. The van der Waals surface area contributed by atoms with Gasteiger partial charge in [0.25, 0.3) is 0 Å². The topological polar surface area (TPSA) is 45.0 Å². The highest BCUT2D eigenvalue weighted by Gasteiger charge is 2.05. The molecule has 3 nitrogen and oxygen atoms in total. The summed E-state index contributed by atoms with van der Waals surface area (Å²) < 4.78 is 5.92. The average molecular weight is 269 g/mol. The van der Waals surface area contributed by atoms with Crippen molar-refractivity contribution < 1.29 is 4.74 Å². The molecule has 0 heterocycles. The van der Waals surface area contributed by atoms with Crippen LogP contribution in [0.2, 0.25) is 0 Å². The second kappa shape index (κ2) is 5.74. The van der Waals surface area contributed by atoms with E-state index in [9.17, 15) is 0 Å². The molecule has 0 aromatic heterocycles. The molecule has 0 saturated carbocycles. The quantitative estimate of drug-likeness (QED) is 0.914. The number of anilines is 1. The molecule has 1 aromatic rings. The summed E-state index contributed by atoms with van der Waals surface area (Å²) in [6.07, 6.45) is 0. The van der Waals surface area contributed by atoms with E-state index in [1.165, 1.54) is 0 Å². The molecule has 4 heteroatoms. The molecule has 0 saturated heterocycles. The lowest BCUT2D eigenvalue weighted by Gasteiger charge is -2.15. The predicted octanol–water partition coefficient (Wildman–Crippen LogP) is 2.77. The molecular weight excluding hydrogens is 256 g/mol. The van der Waals surface area contributed by atoms with Gasteiger partial charge in [-0.15, -0.1) is 0 Å². The van der Waals surface area contributed by atoms with Gasteiger partial charge in [-0.05, 0) is 41.1 Å². The summed E-state index contributed by atoms with van der Waals surface area (Å²) in [5.74, 6) is 0. The number of halogens is 1. The molecule has 1 rings (SSSR count). The highest BCUT2D eigenvalue weighted by molar-refractivity contribution is 9.10. The lowest BCUT2D eigenvalue weighted by Crippen LogP contribution is -2.20. The second-order valence-corrected chi connectivity index (χ2v) is 4.16. The van der Waals surface area contributed by atoms with Crippen molar-refractivity contribution in [3.8, 4) is 6.07 Å². The van der Waals surface area contributed by atoms with Gasteiger partial charge in [0.05, 0.1) is 18.2 Å². The molecule has 15 heavy (non-hydrogen) atoms. The maximum atomic E-state index is 8.71. The Labute approximate surface area is 98.2 Å². The number of nitrogens with one attached hydrogen (secondary N) is 1. The first-order valence-electron chi connectivity index (χ1n) is 4.62. The van der Waals surface area contributed by atoms with Crippen molar-refractivity contribution in [2.75, 3.05) is 19.0 Å². The van der Waals surface area contributed by atoms with Crippen LogP contribution in [0.5, 0.6) is 0 Å². The number of rotatable bonds is 4. The van der Waals surface area contributed by atoms with Crippen molar-refractivity contribution in [1.29, 1.82) is 5.26 Å². The van der Waals surface area contributed by atoms with Crippen molar-refractivity contribution in [2.24, 2.45) is 0 Å². The Hall–Kier alpha value is -1.05. The van der Waals surface area contributed by atoms with Gasteiger partial charge in [-0.3, -0.25) is 0 Å². The van der Waals surface area contributed by atoms with E-state index in [-0.39, 0.29) is 6.04 Å². The Kier molecular flexibility index (Phi) is 4.60. The monoisotopic (exact) mass is 268 g/mol. The fourth-order valence-electron chi connectivity index (χ4n) is 1.26. The molecule has 0 aliphatic carbocycles. The van der Waals surface area contributed by atoms with E-state index in [4.69, 9.17) is 10.00 Å². The van der Waals surface area contributed by atoms with Gasteiger partial charge < -0.3 is 10.1 Å². The summed E-state index contributed by atoms with van der Waals surface area (Å²) in [6, 6.07) is 7.79. The number of methoxy groups -OCH3 is 1. The van der Waals surface area contributed by atoms with Gasteiger partial charge in [0, 0.05) is 23.3 Å². The zero-order valence-electron chi connectivity index (χ0n) is 8.75. The highest BCUT2D eigenvalue weighted by atomic mass is 79.9. The van der Waals surface area contributed by atoms with E-state index in [1.54, 1.807) is 19.2 Å². The Balaban J connectivity index is 2.74. The number of hydrogen-bond donors (Lipinski definition) is 1. The summed E-state index contributed by atoms with van der Waals surface area (Å²) in [7, 11) is 1.67. The summed E-state index contributed by atoms with van der Waals surface area (Å²) in [5.41, 5.74) is 1.62. The number of hydrogen-bond acceptors (Lipinski definition) is 3. The fourth-order valence-corrected chi connectivity index (χ4v) is 1.75. The zero-order valence-corrected chi connectivity index (χ0v) is 10.3. The number of nitrogens with zero attached hydrogens (tertiary/aromatic N) is 1. The minimum Gasteiger partial charge on any atom is -0.383 e. The maximum absolute atomic E-state index is 8.71. The van der Waals surface area contributed by atoms with Crippen LogP contribution in [0.4, 0.5) is 5.69 Å². The lowest BCUT2D eigenvalue weighted by molar-refractivity contribution is 0.190. The smallest absolute Gasteiger partial charge is 0.0992 e. The molecule has 1 N–H and O–H groups in total. The third-order valence-corrected chi connectivity index (χ3v) is 2.57. The first kappa shape index (κ1) is 12.0. The van der Waals surface area contributed by atoms with Gasteiger partial charge >= 0.3 is 0 Å². The van der Waals surface area contributed by atoms with Crippen LogP contribution in [-0.2, 0) is 4.74 Å². The molecule has 0 unspecified atom stereocenters. The van der Waals surface area contributed by atoms with Crippen LogP contribution < -0.4 is 5.32 Å². The van der Waals surface area contributed by atoms with Crippen LogP contribution in [0.3, 0.4) is 0 Å². The number of ether oxygens (including phenoxy) is 1. The molecular formula is C11H13BrN2O. The van der Waals surface area contributed by atoms with Gasteiger partial charge in [-0.2, -0.15) is 5.26 Å². The summed E-state index contributed by atoms with van der Waals surface area (Å²) in [4.78, 5) is 0. The van der Waals surface area contributed by atoms with Gasteiger partial charge in [-0.25, -0.2) is 0 Å². The summed E-state index contributed by atoms with van der Waals surface area (Å²) in [6.45, 7) is 2.68. The van der Waals surface area contributed by atoms with Crippen molar-refractivity contribution in [2.45, 2.75) is 13.0 Å². The minimum atomic E-state index is 0.235. The Morgan fingerprint density at radius 3 is 2.87 bits per heavy atom. The predicted molar refractivity (Wildman–Crippen MR) is 63.8 cm³/mol. The third-order valence-electron chi connectivity index (χ3n) is 1.92. The van der Waals surface area contributed by atoms with Crippen LogP contribution in [0.1, 0.15) is 12.5 Å². The maximum Gasteiger partial charge on any atom is 0.0992 e. The largest absolute Gasteiger partial charge is 0.383 e. The molecule has 0 aliphatic rings. The Morgan fingerprint density at radius 1 is 1.60 bits per heavy atom. The molecule has 0 fully saturated rings. The van der Waals surface area contributed by atoms with Crippen molar-refractivity contribution in [3.05, 3.63) is 28.2 Å². The zero-order chi connectivity index (χ0) is 11.3. The summed E-state index contributed by atoms with van der Waals surface area (Å²) in [5, 5.41) is 12.0. The Morgan fingerprint density at radius 2 is 2.33 bits per heavy atom. The Bertz CT molecular complexity index is 373. The van der Waals surface area contributed by atoms with E-state index in [1.807, 2.05) is 13.0 Å². The van der Waals surface area contributed by atoms with Crippen molar-refractivity contribution >= 4 is 21.6 Å². The van der Waals surface area contributed by atoms with Crippen molar-refractivity contribution in [3.63, 3.8) is 0 Å². The van der Waals surface area contributed by atoms with E-state index >= 15 is 0 Å². The molecule has 0 radical (unpaired) electrons. The number of nitriles is 1. The van der Waals surface area contributed by atoms with E-state index in [0.717, 1.165) is 10.2 Å². The molecule has 0 aliphatic heterocycles. The fraction of sp³-hybridized carbons (Fsp3) is 0.364. The number of benzene rings is 1. The van der Waals surface area contributed by atoms with Gasteiger partial charge in [0.15, 0.2) is 0 Å². The SMILES string of the molecule is COC[C@@H](C)Nc1ccc(C#N)cc1Br. The van der Waals surface area contributed by atoms with Crippen LogP contribution in [0.25, 0.3) is 0 Å². The normalized spacial score (nSPS) is 11.9. The first-order chi connectivity index (χ1) is 7.17. The van der Waals surface area contributed by atoms with Crippen LogP contribution >= 0.6 is 15.9 Å². The van der Waals surface area contributed by atoms with Gasteiger partial charge in [0.2, 0.25) is 0 Å². The molecule has 1 aromatic carbocycles. The van der Waals surface area contributed by atoms with Gasteiger partial charge in [0.1, 0.15) is 0 Å². The highest BCUT2D eigenvalue weighted by Crippen LogP contribution is 2.23.